The number of nitrogens with zero attached hydrogens (tertiary/aromatic N) is 1. The summed E-state index contributed by atoms with van der Waals surface area (Å²) in [6, 6.07) is 0.212. The van der Waals surface area contributed by atoms with Gasteiger partial charge in [0.05, 0.1) is 6.42 Å². The molecular formula is C10H18ClF3N2O. The lowest BCUT2D eigenvalue weighted by atomic mass is 10.1. The third kappa shape index (κ3) is 6.12. The minimum Gasteiger partial charge on any atom is -0.341 e. The molecule has 1 rings (SSSR count). The van der Waals surface area contributed by atoms with Crippen LogP contribution >= 0.6 is 12.4 Å². The van der Waals surface area contributed by atoms with E-state index in [2.05, 4.69) is 5.32 Å². The number of halogens is 4. The van der Waals surface area contributed by atoms with Gasteiger partial charge in [-0.2, -0.15) is 13.2 Å². The van der Waals surface area contributed by atoms with Crippen molar-refractivity contribution in [3.05, 3.63) is 0 Å². The monoisotopic (exact) mass is 274 g/mol. The molecule has 102 valence electrons. The lowest BCUT2D eigenvalue weighted by Crippen LogP contribution is -2.47. The van der Waals surface area contributed by atoms with Crippen molar-refractivity contribution in [3.63, 3.8) is 0 Å². The second-order valence-corrected chi connectivity index (χ2v) is 4.08. The summed E-state index contributed by atoms with van der Waals surface area (Å²) < 4.78 is 35.8. The smallest absolute Gasteiger partial charge is 0.341 e. The summed E-state index contributed by atoms with van der Waals surface area (Å²) in [6.45, 7) is 1.10. The molecule has 1 saturated heterocycles. The van der Waals surface area contributed by atoms with Crippen molar-refractivity contribution >= 4 is 18.3 Å². The van der Waals surface area contributed by atoms with Crippen molar-refractivity contribution in [1.29, 1.82) is 0 Å². The van der Waals surface area contributed by atoms with Crippen LogP contribution in [0.4, 0.5) is 13.2 Å². The molecule has 1 aliphatic rings. The van der Waals surface area contributed by atoms with Gasteiger partial charge in [0.25, 0.3) is 0 Å². The Hall–Kier alpha value is -0.490. The van der Waals surface area contributed by atoms with Gasteiger partial charge in [0.1, 0.15) is 0 Å². The summed E-state index contributed by atoms with van der Waals surface area (Å²) >= 11 is 0. The van der Waals surface area contributed by atoms with E-state index in [0.29, 0.717) is 13.1 Å². The van der Waals surface area contributed by atoms with Gasteiger partial charge >= 0.3 is 6.18 Å². The molecule has 0 aliphatic carbocycles. The number of likely N-dealkylation sites (N-methyl/N-ethyl adjacent to an activating group) is 1. The average molecular weight is 275 g/mol. The van der Waals surface area contributed by atoms with Gasteiger partial charge in [0, 0.05) is 25.6 Å². The lowest BCUT2D eigenvalue weighted by Gasteiger charge is -2.32. The number of piperidine rings is 1. The Balaban J connectivity index is 0.00000256. The van der Waals surface area contributed by atoms with Crippen molar-refractivity contribution in [2.75, 3.05) is 20.1 Å². The molecule has 1 atom stereocenters. The van der Waals surface area contributed by atoms with E-state index in [4.69, 9.17) is 0 Å². The number of hydrogen-bond acceptors (Lipinski definition) is 2. The summed E-state index contributed by atoms with van der Waals surface area (Å²) in [5.74, 6) is -0.391. The number of hydrogen-bond donors (Lipinski definition) is 1. The topological polar surface area (TPSA) is 32.3 Å². The number of nitrogens with one attached hydrogen (secondary N) is 1. The molecule has 0 radical (unpaired) electrons. The number of amides is 1. The molecule has 1 amide bonds. The van der Waals surface area contributed by atoms with E-state index in [1.54, 1.807) is 7.05 Å². The highest BCUT2D eigenvalue weighted by Gasteiger charge is 2.30. The molecule has 1 fully saturated rings. The molecule has 0 aromatic rings. The Kier molecular flexibility index (Phi) is 6.85. The van der Waals surface area contributed by atoms with E-state index in [-0.39, 0.29) is 18.4 Å². The zero-order valence-electron chi connectivity index (χ0n) is 9.72. The van der Waals surface area contributed by atoms with Gasteiger partial charge in [-0.25, -0.2) is 0 Å². The molecule has 1 N–H and O–H groups in total. The first kappa shape index (κ1) is 16.5. The number of alkyl halides is 3. The zero-order chi connectivity index (χ0) is 12.2. The highest BCUT2D eigenvalue weighted by molar-refractivity contribution is 5.85. The maximum Gasteiger partial charge on any atom is 0.389 e. The van der Waals surface area contributed by atoms with E-state index in [1.807, 2.05) is 0 Å². The first-order valence-electron chi connectivity index (χ1n) is 5.44. The van der Waals surface area contributed by atoms with Gasteiger partial charge < -0.3 is 10.2 Å². The SMILES string of the molecule is CNC1CCCN(C(=O)CCC(F)(F)F)C1.Cl. The van der Waals surface area contributed by atoms with Crippen LogP contribution in [0, 0.1) is 0 Å². The molecule has 7 heteroatoms. The van der Waals surface area contributed by atoms with Crippen molar-refractivity contribution in [3.8, 4) is 0 Å². The number of rotatable bonds is 3. The predicted octanol–water partition coefficient (Wildman–Crippen LogP) is 1.96. The van der Waals surface area contributed by atoms with Crippen LogP contribution in [-0.2, 0) is 4.79 Å². The fourth-order valence-corrected chi connectivity index (χ4v) is 1.85. The molecule has 0 spiro atoms. The first-order valence-corrected chi connectivity index (χ1v) is 5.44. The maximum absolute atomic E-state index is 11.9. The van der Waals surface area contributed by atoms with E-state index in [0.717, 1.165) is 12.8 Å². The predicted molar refractivity (Wildman–Crippen MR) is 61.2 cm³/mol. The largest absolute Gasteiger partial charge is 0.389 e. The van der Waals surface area contributed by atoms with Crippen LogP contribution in [0.25, 0.3) is 0 Å². The third-order valence-corrected chi connectivity index (χ3v) is 2.80. The van der Waals surface area contributed by atoms with Crippen LogP contribution in [0.15, 0.2) is 0 Å². The number of carbonyl (C=O) groups is 1. The highest BCUT2D eigenvalue weighted by atomic mass is 35.5. The van der Waals surface area contributed by atoms with Crippen molar-refractivity contribution in [2.24, 2.45) is 0 Å². The van der Waals surface area contributed by atoms with E-state index < -0.39 is 24.9 Å². The second-order valence-electron chi connectivity index (χ2n) is 4.08. The van der Waals surface area contributed by atoms with Crippen LogP contribution in [0.3, 0.4) is 0 Å². The van der Waals surface area contributed by atoms with E-state index >= 15 is 0 Å². The molecule has 0 aromatic heterocycles. The molecule has 17 heavy (non-hydrogen) atoms. The van der Waals surface area contributed by atoms with Crippen molar-refractivity contribution in [2.45, 2.75) is 37.9 Å². The number of carbonyl (C=O) groups excluding carboxylic acids is 1. The number of likely N-dealkylation sites (tertiary alicyclic amines) is 1. The molecule has 3 nitrogen and oxygen atoms in total. The van der Waals surface area contributed by atoms with Gasteiger partial charge in [-0.05, 0) is 19.9 Å². The van der Waals surface area contributed by atoms with E-state index in [1.165, 1.54) is 4.90 Å². The minimum atomic E-state index is -4.24. The molecule has 1 aliphatic heterocycles. The van der Waals surface area contributed by atoms with Gasteiger partial charge in [0.2, 0.25) is 5.91 Å². The summed E-state index contributed by atoms with van der Waals surface area (Å²) in [7, 11) is 1.80. The molecule has 0 bridgehead atoms. The standard InChI is InChI=1S/C10H17F3N2O.ClH/c1-14-8-3-2-6-15(7-8)9(16)4-5-10(11,12)13;/h8,14H,2-7H2,1H3;1H. The summed E-state index contributed by atoms with van der Waals surface area (Å²) in [5.41, 5.74) is 0. The van der Waals surface area contributed by atoms with Gasteiger partial charge in [-0.3, -0.25) is 4.79 Å². The fraction of sp³-hybridized carbons (Fsp3) is 0.900. The maximum atomic E-state index is 11.9. The Morgan fingerprint density at radius 2 is 2.12 bits per heavy atom. The van der Waals surface area contributed by atoms with E-state index in [9.17, 15) is 18.0 Å². The normalized spacial score (nSPS) is 20.9. The Labute approximate surface area is 105 Å². The highest BCUT2D eigenvalue weighted by Crippen LogP contribution is 2.22. The Morgan fingerprint density at radius 3 is 2.65 bits per heavy atom. The minimum absolute atomic E-state index is 0. The second kappa shape index (κ2) is 7.06. The Bertz CT molecular complexity index is 248. The van der Waals surface area contributed by atoms with Gasteiger partial charge in [0.15, 0.2) is 0 Å². The average Bonchev–Trinajstić information content (AvgIpc) is 2.25. The summed E-state index contributed by atoms with van der Waals surface area (Å²) in [4.78, 5) is 13.0. The molecular weight excluding hydrogens is 257 g/mol. The molecule has 0 aromatic carbocycles. The fourth-order valence-electron chi connectivity index (χ4n) is 1.85. The van der Waals surface area contributed by atoms with Crippen molar-refractivity contribution < 1.29 is 18.0 Å². The first-order chi connectivity index (χ1) is 7.42. The van der Waals surface area contributed by atoms with Gasteiger partial charge in [-0.15, -0.1) is 12.4 Å². The summed E-state index contributed by atoms with van der Waals surface area (Å²) in [5, 5.41) is 3.04. The molecule has 1 unspecified atom stereocenters. The third-order valence-electron chi connectivity index (χ3n) is 2.80. The Morgan fingerprint density at radius 1 is 1.47 bits per heavy atom. The molecule has 0 saturated carbocycles. The van der Waals surface area contributed by atoms with Crippen LogP contribution in [-0.4, -0.2) is 43.2 Å². The van der Waals surface area contributed by atoms with Crippen LogP contribution in [0.5, 0.6) is 0 Å². The van der Waals surface area contributed by atoms with Crippen LogP contribution in [0.1, 0.15) is 25.7 Å². The lowest BCUT2D eigenvalue weighted by molar-refractivity contribution is -0.149. The van der Waals surface area contributed by atoms with Crippen molar-refractivity contribution in [1.82, 2.24) is 10.2 Å². The zero-order valence-corrected chi connectivity index (χ0v) is 10.5. The summed E-state index contributed by atoms with van der Waals surface area (Å²) in [6.07, 6.45) is -3.87. The molecule has 1 heterocycles. The quantitative estimate of drug-likeness (QED) is 0.853. The van der Waals surface area contributed by atoms with Gasteiger partial charge in [-0.1, -0.05) is 0 Å². The van der Waals surface area contributed by atoms with Crippen LogP contribution in [0.2, 0.25) is 0 Å². The van der Waals surface area contributed by atoms with Crippen LogP contribution < -0.4 is 5.32 Å².